The van der Waals surface area contributed by atoms with Crippen molar-refractivity contribution in [1.29, 1.82) is 0 Å². The molecule has 10 heteroatoms. The third kappa shape index (κ3) is 4.34. The molecule has 4 rings (SSSR count). The van der Waals surface area contributed by atoms with Gasteiger partial charge in [-0.1, -0.05) is 41.1 Å². The highest BCUT2D eigenvalue weighted by molar-refractivity contribution is 7.92. The SMILES string of the molecule is Cn1c(=O)sc2cc(NC(=O)c3ccc(Cl)c(S(=O)(=O)Nc4ccccc4)c3)ccc21. The Hall–Kier alpha value is -3.14. The van der Waals surface area contributed by atoms with E-state index in [-0.39, 0.29) is 20.4 Å². The number of carbonyl (C=O) groups is 1. The second kappa shape index (κ2) is 8.18. The number of fused-ring (bicyclic) bond motifs is 1. The molecule has 1 aromatic heterocycles. The molecule has 0 bridgehead atoms. The normalized spacial score (nSPS) is 11.4. The molecule has 0 aliphatic heterocycles. The van der Waals surface area contributed by atoms with Crippen LogP contribution >= 0.6 is 22.9 Å². The van der Waals surface area contributed by atoms with Gasteiger partial charge in [-0.25, -0.2) is 8.42 Å². The van der Waals surface area contributed by atoms with Crippen LogP contribution in [0.3, 0.4) is 0 Å². The maximum absolute atomic E-state index is 12.8. The van der Waals surface area contributed by atoms with E-state index in [4.69, 9.17) is 11.6 Å². The number of nitrogens with one attached hydrogen (secondary N) is 2. The number of aromatic nitrogens is 1. The molecule has 31 heavy (non-hydrogen) atoms. The molecule has 0 radical (unpaired) electrons. The molecule has 7 nitrogen and oxygen atoms in total. The quantitative estimate of drug-likeness (QED) is 0.451. The number of hydrogen-bond acceptors (Lipinski definition) is 5. The summed E-state index contributed by atoms with van der Waals surface area (Å²) in [6.45, 7) is 0. The van der Waals surface area contributed by atoms with E-state index in [1.807, 2.05) is 0 Å². The number of hydrogen-bond donors (Lipinski definition) is 2. The van der Waals surface area contributed by atoms with Gasteiger partial charge in [0.15, 0.2) is 0 Å². The van der Waals surface area contributed by atoms with Crippen LogP contribution < -0.4 is 14.9 Å². The average Bonchev–Trinajstić information content (AvgIpc) is 3.01. The van der Waals surface area contributed by atoms with E-state index in [0.717, 1.165) is 21.6 Å². The van der Waals surface area contributed by atoms with Crippen LogP contribution in [-0.2, 0) is 17.1 Å². The standard InChI is InChI=1S/C21H16ClN3O4S2/c1-25-17-10-8-15(12-18(17)30-21(25)27)23-20(26)13-7-9-16(22)19(11-13)31(28,29)24-14-5-3-2-4-6-14/h2-12,24H,1H3,(H,23,26). The van der Waals surface area contributed by atoms with E-state index >= 15 is 0 Å². The summed E-state index contributed by atoms with van der Waals surface area (Å²) in [5.74, 6) is -0.504. The first-order chi connectivity index (χ1) is 14.7. The Bertz CT molecular complexity index is 1460. The lowest BCUT2D eigenvalue weighted by molar-refractivity contribution is 0.102. The van der Waals surface area contributed by atoms with Gasteiger partial charge in [0.25, 0.3) is 15.9 Å². The minimum Gasteiger partial charge on any atom is -0.322 e. The molecule has 158 valence electrons. The van der Waals surface area contributed by atoms with Crippen molar-refractivity contribution in [2.24, 2.45) is 7.05 Å². The zero-order valence-corrected chi connectivity index (χ0v) is 18.5. The van der Waals surface area contributed by atoms with Crippen molar-refractivity contribution in [2.75, 3.05) is 10.0 Å². The van der Waals surface area contributed by atoms with Crippen LogP contribution in [0.4, 0.5) is 11.4 Å². The summed E-state index contributed by atoms with van der Waals surface area (Å²) in [5.41, 5.74) is 1.75. The molecular formula is C21H16ClN3O4S2. The molecule has 3 aromatic carbocycles. The lowest BCUT2D eigenvalue weighted by Gasteiger charge is -2.11. The van der Waals surface area contributed by atoms with Crippen molar-refractivity contribution in [3.8, 4) is 0 Å². The largest absolute Gasteiger partial charge is 0.322 e. The van der Waals surface area contributed by atoms with E-state index in [0.29, 0.717) is 11.4 Å². The molecule has 0 aliphatic rings. The number of halogens is 1. The predicted molar refractivity (Wildman–Crippen MR) is 124 cm³/mol. The molecule has 0 unspecified atom stereocenters. The highest BCUT2D eigenvalue weighted by atomic mass is 35.5. The first kappa shape index (κ1) is 21.1. The first-order valence-electron chi connectivity index (χ1n) is 9.03. The van der Waals surface area contributed by atoms with Crippen LogP contribution in [0.25, 0.3) is 10.2 Å². The topological polar surface area (TPSA) is 97.3 Å². The van der Waals surface area contributed by atoms with Crippen molar-refractivity contribution in [3.05, 3.63) is 87.0 Å². The molecule has 0 saturated heterocycles. The predicted octanol–water partition coefficient (Wildman–Crippen LogP) is 4.31. The van der Waals surface area contributed by atoms with Crippen LogP contribution in [0.1, 0.15) is 10.4 Å². The van der Waals surface area contributed by atoms with E-state index in [1.54, 1.807) is 55.6 Å². The first-order valence-corrected chi connectivity index (χ1v) is 11.7. The fourth-order valence-electron chi connectivity index (χ4n) is 2.98. The summed E-state index contributed by atoms with van der Waals surface area (Å²) in [6.07, 6.45) is 0. The van der Waals surface area contributed by atoms with E-state index in [2.05, 4.69) is 10.0 Å². The Kier molecular flexibility index (Phi) is 5.57. The van der Waals surface area contributed by atoms with Crippen molar-refractivity contribution in [1.82, 2.24) is 4.57 Å². The zero-order chi connectivity index (χ0) is 22.2. The van der Waals surface area contributed by atoms with Gasteiger partial charge in [0.2, 0.25) is 0 Å². The molecular weight excluding hydrogens is 458 g/mol. The average molecular weight is 474 g/mol. The summed E-state index contributed by atoms with van der Waals surface area (Å²) >= 11 is 7.19. The van der Waals surface area contributed by atoms with Crippen LogP contribution in [0.15, 0.2) is 76.4 Å². The van der Waals surface area contributed by atoms with Gasteiger partial charge in [0.1, 0.15) is 4.90 Å². The van der Waals surface area contributed by atoms with Gasteiger partial charge in [-0.05, 0) is 48.5 Å². The fraction of sp³-hybridized carbons (Fsp3) is 0.0476. The van der Waals surface area contributed by atoms with E-state index in [1.165, 1.54) is 22.8 Å². The minimum atomic E-state index is -4.00. The van der Waals surface area contributed by atoms with E-state index in [9.17, 15) is 18.0 Å². The lowest BCUT2D eigenvalue weighted by Crippen LogP contribution is -2.16. The number of carbonyl (C=O) groups excluding carboxylic acids is 1. The van der Waals surface area contributed by atoms with Crippen LogP contribution in [0, 0.1) is 0 Å². The summed E-state index contributed by atoms with van der Waals surface area (Å²) in [5, 5.41) is 2.72. The molecule has 0 atom stereocenters. The Morgan fingerprint density at radius 2 is 1.74 bits per heavy atom. The van der Waals surface area contributed by atoms with Crippen molar-refractivity contribution in [3.63, 3.8) is 0 Å². The Labute approximate surface area is 187 Å². The van der Waals surface area contributed by atoms with Gasteiger partial charge in [0.05, 0.1) is 15.2 Å². The Morgan fingerprint density at radius 3 is 2.48 bits per heavy atom. The Balaban J connectivity index is 1.61. The van der Waals surface area contributed by atoms with Gasteiger partial charge in [-0.2, -0.15) is 0 Å². The number of thiazole rings is 1. The van der Waals surface area contributed by atoms with Crippen molar-refractivity contribution in [2.45, 2.75) is 4.90 Å². The highest BCUT2D eigenvalue weighted by Gasteiger charge is 2.20. The molecule has 4 aromatic rings. The second-order valence-electron chi connectivity index (χ2n) is 6.68. The number of benzene rings is 3. The lowest BCUT2D eigenvalue weighted by atomic mass is 10.2. The van der Waals surface area contributed by atoms with E-state index < -0.39 is 15.9 Å². The van der Waals surface area contributed by atoms with Gasteiger partial charge < -0.3 is 9.88 Å². The maximum atomic E-state index is 12.8. The molecule has 1 amide bonds. The monoisotopic (exact) mass is 473 g/mol. The van der Waals surface area contributed by atoms with Gasteiger partial charge in [-0.3, -0.25) is 14.3 Å². The summed E-state index contributed by atoms with van der Waals surface area (Å²) in [7, 11) is -2.32. The smallest absolute Gasteiger partial charge is 0.307 e. The Morgan fingerprint density at radius 1 is 1.00 bits per heavy atom. The number of anilines is 2. The molecule has 0 fully saturated rings. The summed E-state index contributed by atoms with van der Waals surface area (Å²) in [6, 6.07) is 17.5. The molecule has 0 aliphatic carbocycles. The van der Waals surface area contributed by atoms with Crippen molar-refractivity contribution < 1.29 is 13.2 Å². The number of amides is 1. The second-order valence-corrected chi connectivity index (χ2v) is 9.73. The summed E-state index contributed by atoms with van der Waals surface area (Å²) in [4.78, 5) is 24.2. The number of nitrogens with zero attached hydrogens (tertiary/aromatic N) is 1. The molecule has 0 saturated carbocycles. The maximum Gasteiger partial charge on any atom is 0.307 e. The third-order valence-corrected chi connectivity index (χ3v) is 7.42. The van der Waals surface area contributed by atoms with Crippen LogP contribution in [0.2, 0.25) is 5.02 Å². The number of rotatable bonds is 5. The van der Waals surface area contributed by atoms with Crippen LogP contribution in [0.5, 0.6) is 0 Å². The van der Waals surface area contributed by atoms with Gasteiger partial charge >= 0.3 is 4.87 Å². The molecule has 0 spiro atoms. The third-order valence-electron chi connectivity index (χ3n) is 4.56. The van der Waals surface area contributed by atoms with Gasteiger partial charge in [-0.15, -0.1) is 0 Å². The molecule has 1 heterocycles. The number of aryl methyl sites for hydroxylation is 1. The fourth-order valence-corrected chi connectivity index (χ4v) is 5.49. The summed E-state index contributed by atoms with van der Waals surface area (Å²) < 4.78 is 30.3. The van der Waals surface area contributed by atoms with Crippen molar-refractivity contribution >= 4 is 60.5 Å². The van der Waals surface area contributed by atoms with Gasteiger partial charge in [0, 0.05) is 24.0 Å². The molecule has 2 N–H and O–H groups in total. The minimum absolute atomic E-state index is 0.00420. The zero-order valence-electron chi connectivity index (χ0n) is 16.1. The number of para-hydroxylation sites is 1. The van der Waals surface area contributed by atoms with Crippen LogP contribution in [-0.4, -0.2) is 18.9 Å². The number of sulfonamides is 1. The highest BCUT2D eigenvalue weighted by Crippen LogP contribution is 2.26.